The lowest BCUT2D eigenvalue weighted by atomic mass is 10.2. The monoisotopic (exact) mass is 295 g/mol. The summed E-state index contributed by atoms with van der Waals surface area (Å²) in [7, 11) is 0. The maximum atomic E-state index is 11.5. The Morgan fingerprint density at radius 1 is 1.24 bits per heavy atom. The van der Waals surface area contributed by atoms with E-state index in [4.69, 9.17) is 9.47 Å². The minimum absolute atomic E-state index is 0.0636. The van der Waals surface area contributed by atoms with Gasteiger partial charge in [-0.05, 0) is 25.7 Å². The summed E-state index contributed by atoms with van der Waals surface area (Å²) in [5, 5.41) is 0. The molecule has 0 bridgehead atoms. The zero-order chi connectivity index (χ0) is 15.1. The molecular weight excluding hydrogens is 274 g/mol. The van der Waals surface area contributed by atoms with Gasteiger partial charge in [-0.3, -0.25) is 19.3 Å². The predicted molar refractivity (Wildman–Crippen MR) is 74.3 cm³/mol. The van der Waals surface area contributed by atoms with Gasteiger partial charge in [-0.25, -0.2) is 0 Å². The van der Waals surface area contributed by atoms with Crippen molar-refractivity contribution in [1.82, 2.24) is 4.90 Å². The Kier molecular flexibility index (Phi) is 5.92. The van der Waals surface area contributed by atoms with Gasteiger partial charge in [0.05, 0.1) is 6.10 Å². The van der Waals surface area contributed by atoms with Crippen LogP contribution in [0.25, 0.3) is 0 Å². The Morgan fingerprint density at radius 3 is 2.67 bits per heavy atom. The van der Waals surface area contributed by atoms with Crippen LogP contribution < -0.4 is 0 Å². The van der Waals surface area contributed by atoms with Gasteiger partial charge in [0, 0.05) is 31.7 Å². The average Bonchev–Trinajstić information content (AvgIpc) is 3.09. The fourth-order valence-electron chi connectivity index (χ4n) is 2.40. The molecule has 2 heterocycles. The van der Waals surface area contributed by atoms with E-state index < -0.39 is 0 Å². The van der Waals surface area contributed by atoms with Crippen molar-refractivity contribution in [2.75, 3.05) is 19.8 Å². The van der Waals surface area contributed by atoms with Crippen LogP contribution in [0.15, 0.2) is 12.2 Å². The quantitative estimate of drug-likeness (QED) is 0.382. The number of hydrogen-bond acceptors (Lipinski definition) is 5. The van der Waals surface area contributed by atoms with Crippen LogP contribution in [0.4, 0.5) is 0 Å². The molecule has 0 aromatic rings. The lowest BCUT2D eigenvalue weighted by Crippen LogP contribution is -2.30. The van der Waals surface area contributed by atoms with E-state index in [2.05, 4.69) is 0 Å². The molecule has 0 aliphatic carbocycles. The van der Waals surface area contributed by atoms with Gasteiger partial charge >= 0.3 is 5.97 Å². The molecule has 2 rings (SSSR count). The standard InChI is InChI=1S/C15H21NO5/c17-13-7-8-14(18)16(13)9-3-1-2-6-15(19)21-11-12-5-4-10-20-12/h7-8,12H,1-6,9-11H2. The van der Waals surface area contributed by atoms with E-state index in [1.807, 2.05) is 0 Å². The first-order valence-corrected chi connectivity index (χ1v) is 7.47. The SMILES string of the molecule is O=C(CCCCCN1C(=O)C=CC1=O)OCC1CCCO1. The normalized spacial score (nSPS) is 21.3. The van der Waals surface area contributed by atoms with Crippen molar-refractivity contribution >= 4 is 17.8 Å². The Bertz CT molecular complexity index is 408. The number of ether oxygens (including phenoxy) is 2. The summed E-state index contributed by atoms with van der Waals surface area (Å²) < 4.78 is 10.5. The highest BCUT2D eigenvalue weighted by Gasteiger charge is 2.22. The number of carbonyl (C=O) groups excluding carboxylic acids is 3. The molecule has 21 heavy (non-hydrogen) atoms. The molecule has 0 saturated carbocycles. The molecule has 0 radical (unpaired) electrons. The van der Waals surface area contributed by atoms with Crippen LogP contribution in [0.2, 0.25) is 0 Å². The van der Waals surface area contributed by atoms with Crippen molar-refractivity contribution in [1.29, 1.82) is 0 Å². The van der Waals surface area contributed by atoms with Crippen LogP contribution in [0.1, 0.15) is 38.5 Å². The fraction of sp³-hybridized carbons (Fsp3) is 0.667. The van der Waals surface area contributed by atoms with Crippen molar-refractivity contribution in [3.63, 3.8) is 0 Å². The molecule has 0 N–H and O–H groups in total. The number of unbranched alkanes of at least 4 members (excludes halogenated alkanes) is 2. The smallest absolute Gasteiger partial charge is 0.305 e. The van der Waals surface area contributed by atoms with E-state index in [0.717, 1.165) is 25.9 Å². The number of carbonyl (C=O) groups is 3. The van der Waals surface area contributed by atoms with Crippen LogP contribution >= 0.6 is 0 Å². The molecule has 6 nitrogen and oxygen atoms in total. The highest BCUT2D eigenvalue weighted by molar-refractivity contribution is 6.12. The van der Waals surface area contributed by atoms with E-state index in [9.17, 15) is 14.4 Å². The molecule has 116 valence electrons. The number of hydrogen-bond donors (Lipinski definition) is 0. The van der Waals surface area contributed by atoms with Gasteiger partial charge in [0.25, 0.3) is 11.8 Å². The Labute approximate surface area is 124 Å². The third-order valence-electron chi connectivity index (χ3n) is 3.62. The maximum Gasteiger partial charge on any atom is 0.305 e. The fourth-order valence-corrected chi connectivity index (χ4v) is 2.40. The van der Waals surface area contributed by atoms with Gasteiger partial charge in [0.2, 0.25) is 0 Å². The molecule has 0 aromatic carbocycles. The summed E-state index contributed by atoms with van der Waals surface area (Å²) in [6.07, 6.45) is 7.18. The highest BCUT2D eigenvalue weighted by atomic mass is 16.6. The summed E-state index contributed by atoms with van der Waals surface area (Å²) in [6, 6.07) is 0. The predicted octanol–water partition coefficient (Wildman–Crippen LogP) is 1.19. The lowest BCUT2D eigenvalue weighted by molar-refractivity contribution is -0.147. The molecule has 0 spiro atoms. The molecule has 2 aliphatic rings. The zero-order valence-electron chi connectivity index (χ0n) is 12.1. The van der Waals surface area contributed by atoms with Crippen LogP contribution in [0.5, 0.6) is 0 Å². The molecule has 1 unspecified atom stereocenters. The van der Waals surface area contributed by atoms with Gasteiger partial charge in [0.15, 0.2) is 0 Å². The first kappa shape index (κ1) is 15.7. The second-order valence-electron chi connectivity index (χ2n) is 5.29. The Hall–Kier alpha value is -1.69. The highest BCUT2D eigenvalue weighted by Crippen LogP contribution is 2.13. The molecule has 2 amide bonds. The summed E-state index contributed by atoms with van der Waals surface area (Å²) >= 11 is 0. The number of imide groups is 1. The van der Waals surface area contributed by atoms with E-state index in [1.165, 1.54) is 17.1 Å². The Balaban J connectivity index is 1.48. The van der Waals surface area contributed by atoms with Crippen molar-refractivity contribution in [2.45, 2.75) is 44.6 Å². The molecule has 1 atom stereocenters. The molecular formula is C15H21NO5. The summed E-state index contributed by atoms with van der Waals surface area (Å²) in [5.74, 6) is -0.715. The lowest BCUT2D eigenvalue weighted by Gasteiger charge is -2.13. The summed E-state index contributed by atoms with van der Waals surface area (Å²) in [5.41, 5.74) is 0. The number of esters is 1. The summed E-state index contributed by atoms with van der Waals surface area (Å²) in [6.45, 7) is 1.52. The third-order valence-corrected chi connectivity index (χ3v) is 3.62. The van der Waals surface area contributed by atoms with Crippen molar-refractivity contribution in [2.24, 2.45) is 0 Å². The third kappa shape index (κ3) is 4.97. The molecule has 0 aromatic heterocycles. The van der Waals surface area contributed by atoms with E-state index in [0.29, 0.717) is 32.4 Å². The van der Waals surface area contributed by atoms with Gasteiger partial charge in [-0.15, -0.1) is 0 Å². The molecule has 2 aliphatic heterocycles. The summed E-state index contributed by atoms with van der Waals surface area (Å²) in [4.78, 5) is 35.3. The minimum Gasteiger partial charge on any atom is -0.463 e. The average molecular weight is 295 g/mol. The Morgan fingerprint density at radius 2 is 2.00 bits per heavy atom. The second-order valence-corrected chi connectivity index (χ2v) is 5.29. The first-order chi connectivity index (χ1) is 10.2. The van der Waals surface area contributed by atoms with Crippen LogP contribution in [-0.2, 0) is 23.9 Å². The molecule has 1 fully saturated rings. The van der Waals surface area contributed by atoms with Crippen molar-refractivity contribution < 1.29 is 23.9 Å². The number of rotatable bonds is 8. The van der Waals surface area contributed by atoms with Crippen LogP contribution in [0.3, 0.4) is 0 Å². The molecule has 1 saturated heterocycles. The topological polar surface area (TPSA) is 72.9 Å². The molecule has 6 heteroatoms. The minimum atomic E-state index is -0.254. The van der Waals surface area contributed by atoms with E-state index in [-0.39, 0.29) is 23.9 Å². The number of nitrogens with zero attached hydrogens (tertiary/aromatic N) is 1. The van der Waals surface area contributed by atoms with Gasteiger partial charge < -0.3 is 9.47 Å². The van der Waals surface area contributed by atoms with E-state index in [1.54, 1.807) is 0 Å². The zero-order valence-corrected chi connectivity index (χ0v) is 12.1. The van der Waals surface area contributed by atoms with Gasteiger partial charge in [-0.1, -0.05) is 6.42 Å². The van der Waals surface area contributed by atoms with Gasteiger partial charge in [0.1, 0.15) is 6.61 Å². The number of amides is 2. The maximum absolute atomic E-state index is 11.5. The van der Waals surface area contributed by atoms with Gasteiger partial charge in [-0.2, -0.15) is 0 Å². The largest absolute Gasteiger partial charge is 0.463 e. The first-order valence-electron chi connectivity index (χ1n) is 7.47. The van der Waals surface area contributed by atoms with Crippen LogP contribution in [-0.4, -0.2) is 48.5 Å². The van der Waals surface area contributed by atoms with Crippen molar-refractivity contribution in [3.8, 4) is 0 Å². The van der Waals surface area contributed by atoms with Crippen molar-refractivity contribution in [3.05, 3.63) is 12.2 Å². The van der Waals surface area contributed by atoms with E-state index >= 15 is 0 Å². The second kappa shape index (κ2) is 7.93. The van der Waals surface area contributed by atoms with Crippen LogP contribution in [0, 0.1) is 0 Å².